The summed E-state index contributed by atoms with van der Waals surface area (Å²) in [5.41, 5.74) is 0. The van der Waals surface area contributed by atoms with Gasteiger partial charge in [0.15, 0.2) is 5.76 Å². The first-order valence-electron chi connectivity index (χ1n) is 9.66. The van der Waals surface area contributed by atoms with Crippen molar-refractivity contribution in [1.29, 1.82) is 0 Å². The minimum atomic E-state index is -0.242. The van der Waals surface area contributed by atoms with Gasteiger partial charge in [-0.3, -0.25) is 9.69 Å². The van der Waals surface area contributed by atoms with E-state index in [1.807, 2.05) is 4.90 Å². The maximum absolute atomic E-state index is 12.8. The van der Waals surface area contributed by atoms with Gasteiger partial charge in [0.1, 0.15) is 11.6 Å². The second-order valence-corrected chi connectivity index (χ2v) is 6.83. The summed E-state index contributed by atoms with van der Waals surface area (Å²) in [5, 5.41) is 0. The van der Waals surface area contributed by atoms with Crippen molar-refractivity contribution in [3.05, 3.63) is 54.2 Å². The first-order chi connectivity index (χ1) is 13.2. The number of carbonyl (C=O) groups is 1. The molecule has 6 heteroatoms. The quantitative estimate of drug-likeness (QED) is 0.626. The number of furan rings is 1. The molecule has 2 heterocycles. The Kier molecular flexibility index (Phi) is 7.27. The fourth-order valence-electron chi connectivity index (χ4n) is 3.24. The number of piperazine rings is 1. The van der Waals surface area contributed by atoms with Crippen LogP contribution in [0.5, 0.6) is 5.75 Å². The Balaban J connectivity index is 1.21. The van der Waals surface area contributed by atoms with Crippen LogP contribution < -0.4 is 4.74 Å². The number of unbranched alkanes of at least 4 members (excludes halogenated alkanes) is 3. The third kappa shape index (κ3) is 6.10. The van der Waals surface area contributed by atoms with E-state index in [-0.39, 0.29) is 11.7 Å². The zero-order chi connectivity index (χ0) is 18.9. The van der Waals surface area contributed by atoms with Gasteiger partial charge in [0.05, 0.1) is 12.9 Å². The van der Waals surface area contributed by atoms with E-state index < -0.39 is 0 Å². The molecule has 1 fully saturated rings. The molecule has 0 saturated carbocycles. The summed E-state index contributed by atoms with van der Waals surface area (Å²) in [6.07, 6.45) is 5.98. The van der Waals surface area contributed by atoms with Crippen LogP contribution >= 0.6 is 0 Å². The first kappa shape index (κ1) is 19.4. The largest absolute Gasteiger partial charge is 0.494 e. The number of carbonyl (C=O) groups excluding carboxylic acids is 1. The molecule has 0 spiro atoms. The number of benzene rings is 1. The molecule has 0 aliphatic carbocycles. The van der Waals surface area contributed by atoms with E-state index >= 15 is 0 Å². The highest BCUT2D eigenvalue weighted by atomic mass is 19.1. The van der Waals surface area contributed by atoms with E-state index in [0.717, 1.165) is 64.2 Å². The number of ether oxygens (including phenoxy) is 1. The van der Waals surface area contributed by atoms with Crippen molar-refractivity contribution in [3.8, 4) is 5.75 Å². The zero-order valence-corrected chi connectivity index (χ0v) is 15.6. The molecule has 0 bridgehead atoms. The molecule has 0 unspecified atom stereocenters. The molecule has 146 valence electrons. The molecule has 1 aliphatic rings. The number of amides is 1. The first-order valence-corrected chi connectivity index (χ1v) is 9.66. The number of hydrogen-bond donors (Lipinski definition) is 0. The van der Waals surface area contributed by atoms with Crippen molar-refractivity contribution >= 4 is 5.91 Å². The molecule has 0 N–H and O–H groups in total. The van der Waals surface area contributed by atoms with Crippen molar-refractivity contribution < 1.29 is 18.3 Å². The lowest BCUT2D eigenvalue weighted by atomic mass is 10.2. The lowest BCUT2D eigenvalue weighted by Gasteiger charge is -2.34. The van der Waals surface area contributed by atoms with Crippen molar-refractivity contribution in [1.82, 2.24) is 9.80 Å². The molecule has 1 saturated heterocycles. The van der Waals surface area contributed by atoms with E-state index in [1.165, 1.54) is 18.4 Å². The lowest BCUT2D eigenvalue weighted by molar-refractivity contribution is 0.0604. The topological polar surface area (TPSA) is 45.9 Å². The highest BCUT2D eigenvalue weighted by molar-refractivity contribution is 5.91. The van der Waals surface area contributed by atoms with Gasteiger partial charge in [-0.25, -0.2) is 4.39 Å². The molecule has 1 aromatic heterocycles. The molecule has 27 heavy (non-hydrogen) atoms. The minimum absolute atomic E-state index is 0.0131. The van der Waals surface area contributed by atoms with E-state index in [0.29, 0.717) is 12.4 Å². The Morgan fingerprint density at radius 3 is 2.44 bits per heavy atom. The summed E-state index contributed by atoms with van der Waals surface area (Å²) in [6.45, 7) is 5.08. The molecular weight excluding hydrogens is 347 g/mol. The average Bonchev–Trinajstić information content (AvgIpc) is 3.23. The van der Waals surface area contributed by atoms with Crippen molar-refractivity contribution in [3.63, 3.8) is 0 Å². The Hall–Kier alpha value is -2.34. The molecule has 0 radical (unpaired) electrons. The fourth-order valence-corrected chi connectivity index (χ4v) is 3.24. The van der Waals surface area contributed by atoms with E-state index in [1.54, 1.807) is 24.3 Å². The van der Waals surface area contributed by atoms with Gasteiger partial charge in [0, 0.05) is 26.2 Å². The monoisotopic (exact) mass is 374 g/mol. The molecule has 1 aromatic carbocycles. The van der Waals surface area contributed by atoms with Crippen molar-refractivity contribution in [2.24, 2.45) is 0 Å². The molecule has 1 amide bonds. The van der Waals surface area contributed by atoms with Crippen LogP contribution in [0.15, 0.2) is 47.1 Å². The van der Waals surface area contributed by atoms with E-state index in [4.69, 9.17) is 9.15 Å². The van der Waals surface area contributed by atoms with Gasteiger partial charge in [0.2, 0.25) is 0 Å². The van der Waals surface area contributed by atoms with E-state index in [2.05, 4.69) is 4.90 Å². The second kappa shape index (κ2) is 10.1. The number of halogens is 1. The van der Waals surface area contributed by atoms with Crippen LogP contribution in [0.3, 0.4) is 0 Å². The average molecular weight is 374 g/mol. The maximum Gasteiger partial charge on any atom is 0.289 e. The third-order valence-electron chi connectivity index (χ3n) is 4.84. The number of hydrogen-bond acceptors (Lipinski definition) is 4. The van der Waals surface area contributed by atoms with Gasteiger partial charge in [-0.05, 0) is 55.8 Å². The van der Waals surface area contributed by atoms with Gasteiger partial charge in [-0.2, -0.15) is 0 Å². The summed E-state index contributed by atoms with van der Waals surface area (Å²) in [7, 11) is 0. The normalized spacial score (nSPS) is 15.1. The Morgan fingerprint density at radius 2 is 1.74 bits per heavy atom. The predicted octanol–water partition coefficient (Wildman–Crippen LogP) is 3.82. The molecule has 5 nitrogen and oxygen atoms in total. The number of rotatable bonds is 9. The third-order valence-corrected chi connectivity index (χ3v) is 4.84. The summed E-state index contributed by atoms with van der Waals surface area (Å²) >= 11 is 0. The summed E-state index contributed by atoms with van der Waals surface area (Å²) < 4.78 is 23.6. The van der Waals surface area contributed by atoms with Crippen LogP contribution in [-0.2, 0) is 0 Å². The zero-order valence-electron chi connectivity index (χ0n) is 15.6. The predicted molar refractivity (Wildman–Crippen MR) is 101 cm³/mol. The Morgan fingerprint density at radius 1 is 1.00 bits per heavy atom. The van der Waals surface area contributed by atoms with E-state index in [9.17, 15) is 9.18 Å². The van der Waals surface area contributed by atoms with Crippen LogP contribution in [0.25, 0.3) is 0 Å². The van der Waals surface area contributed by atoms with Crippen LogP contribution in [0.1, 0.15) is 36.2 Å². The summed E-state index contributed by atoms with van der Waals surface area (Å²) in [5.74, 6) is 0.888. The van der Waals surface area contributed by atoms with Crippen molar-refractivity contribution in [2.45, 2.75) is 25.7 Å². The van der Waals surface area contributed by atoms with Crippen molar-refractivity contribution in [2.75, 3.05) is 39.3 Å². The van der Waals surface area contributed by atoms with Gasteiger partial charge in [0.25, 0.3) is 5.91 Å². The summed E-state index contributed by atoms with van der Waals surface area (Å²) in [4.78, 5) is 16.5. The highest BCUT2D eigenvalue weighted by Gasteiger charge is 2.23. The van der Waals surface area contributed by atoms with Crippen LogP contribution in [-0.4, -0.2) is 55.0 Å². The lowest BCUT2D eigenvalue weighted by Crippen LogP contribution is -2.48. The van der Waals surface area contributed by atoms with Gasteiger partial charge < -0.3 is 14.1 Å². The second-order valence-electron chi connectivity index (χ2n) is 6.83. The maximum atomic E-state index is 12.8. The standard InChI is InChI=1S/C21H27FN2O3/c22-18-7-9-19(10-8-18)26-16-4-2-1-3-11-23-12-14-24(15-13-23)21(25)20-6-5-17-27-20/h5-10,17H,1-4,11-16H2. The molecular formula is C21H27FN2O3. The molecule has 2 aromatic rings. The van der Waals surface area contributed by atoms with Gasteiger partial charge >= 0.3 is 0 Å². The SMILES string of the molecule is O=C(c1ccco1)N1CCN(CCCCCCOc2ccc(F)cc2)CC1. The van der Waals surface area contributed by atoms with Gasteiger partial charge in [-0.1, -0.05) is 12.8 Å². The van der Waals surface area contributed by atoms with Crippen LogP contribution in [0.4, 0.5) is 4.39 Å². The van der Waals surface area contributed by atoms with Crippen LogP contribution in [0, 0.1) is 5.82 Å². The fraction of sp³-hybridized carbons (Fsp3) is 0.476. The Labute approximate surface area is 159 Å². The van der Waals surface area contributed by atoms with Crippen LogP contribution in [0.2, 0.25) is 0 Å². The summed E-state index contributed by atoms with van der Waals surface area (Å²) in [6, 6.07) is 9.61. The number of nitrogens with zero attached hydrogens (tertiary/aromatic N) is 2. The molecule has 0 atom stereocenters. The smallest absolute Gasteiger partial charge is 0.289 e. The highest BCUT2D eigenvalue weighted by Crippen LogP contribution is 2.13. The Bertz CT molecular complexity index is 680. The minimum Gasteiger partial charge on any atom is -0.494 e. The molecule has 1 aliphatic heterocycles. The van der Waals surface area contributed by atoms with Gasteiger partial charge in [-0.15, -0.1) is 0 Å². The molecule has 3 rings (SSSR count).